The molecule has 0 nitrogen and oxygen atoms in total. The maximum absolute atomic E-state index is 3.90. The lowest BCUT2D eigenvalue weighted by Gasteiger charge is -2.03. The number of hydrogen-bond acceptors (Lipinski definition) is 0. The fourth-order valence-electron chi connectivity index (χ4n) is 1.27. The Kier molecular flexibility index (Phi) is 3.31. The van der Waals surface area contributed by atoms with Gasteiger partial charge in [0.25, 0.3) is 0 Å². The summed E-state index contributed by atoms with van der Waals surface area (Å²) in [4.78, 5) is 0. The van der Waals surface area contributed by atoms with Crippen LogP contribution in [0.15, 0.2) is 48.7 Å². The second kappa shape index (κ2) is 4.49. The molecule has 1 aromatic rings. The lowest BCUT2D eigenvalue weighted by Crippen LogP contribution is -1.88. The third-order valence-corrected chi connectivity index (χ3v) is 1.80. The van der Waals surface area contributed by atoms with Gasteiger partial charge in [0.15, 0.2) is 0 Å². The van der Waals surface area contributed by atoms with Gasteiger partial charge >= 0.3 is 0 Å². The van der Waals surface area contributed by atoms with Crippen LogP contribution in [0.1, 0.15) is 18.1 Å². The van der Waals surface area contributed by atoms with E-state index in [1.165, 1.54) is 16.7 Å². The Hall–Kier alpha value is -1.52. The summed E-state index contributed by atoms with van der Waals surface area (Å²) in [6.07, 6.45) is 2.83. The molecule has 0 heterocycles. The first kappa shape index (κ1) is 9.57. The normalized spacial score (nSPS) is 9.00. The van der Waals surface area contributed by atoms with Crippen LogP contribution in [0.3, 0.4) is 0 Å². The highest BCUT2D eigenvalue weighted by Gasteiger charge is 1.97. The Morgan fingerprint density at radius 1 is 1.46 bits per heavy atom. The minimum absolute atomic E-state index is 0.925. The van der Waals surface area contributed by atoms with Gasteiger partial charge in [-0.05, 0) is 30.5 Å². The molecule has 0 aliphatic heterocycles. The van der Waals surface area contributed by atoms with Crippen molar-refractivity contribution >= 4 is 6.08 Å². The van der Waals surface area contributed by atoms with Gasteiger partial charge in [-0.2, -0.15) is 0 Å². The molecule has 0 saturated heterocycles. The maximum Gasteiger partial charge on any atom is -0.00664 e. The summed E-state index contributed by atoms with van der Waals surface area (Å²) >= 11 is 0. The van der Waals surface area contributed by atoms with Crippen LogP contribution in [0, 0.1) is 0 Å². The van der Waals surface area contributed by atoms with Gasteiger partial charge in [0.1, 0.15) is 0 Å². The summed E-state index contributed by atoms with van der Waals surface area (Å²) in [5, 5.41) is 0. The summed E-state index contributed by atoms with van der Waals surface area (Å²) in [5.41, 5.74) is 6.43. The van der Waals surface area contributed by atoms with Crippen LogP contribution in [0.2, 0.25) is 0 Å². The predicted molar refractivity (Wildman–Crippen MR) is 58.6 cm³/mol. The second-order valence-corrected chi connectivity index (χ2v) is 3.18. The molecule has 0 saturated carbocycles. The van der Waals surface area contributed by atoms with Crippen molar-refractivity contribution in [3.63, 3.8) is 0 Å². The molecule has 1 aromatic carbocycles. The van der Waals surface area contributed by atoms with Gasteiger partial charge in [0.2, 0.25) is 0 Å². The van der Waals surface area contributed by atoms with Crippen molar-refractivity contribution in [2.45, 2.75) is 13.3 Å². The zero-order chi connectivity index (χ0) is 9.68. The molecule has 0 bridgehead atoms. The van der Waals surface area contributed by atoms with Crippen molar-refractivity contribution in [3.8, 4) is 0 Å². The van der Waals surface area contributed by atoms with E-state index in [0.717, 1.165) is 6.42 Å². The van der Waals surface area contributed by atoms with Crippen molar-refractivity contribution in [2.75, 3.05) is 0 Å². The molecule has 0 heteroatoms. The quantitative estimate of drug-likeness (QED) is 0.480. The third kappa shape index (κ3) is 2.77. The van der Waals surface area contributed by atoms with Crippen molar-refractivity contribution in [3.05, 3.63) is 59.9 Å². The number of hydrogen-bond donors (Lipinski definition) is 0. The topological polar surface area (TPSA) is 0 Å². The van der Waals surface area contributed by atoms with Crippen LogP contribution in [-0.2, 0) is 6.42 Å². The maximum atomic E-state index is 3.90. The highest BCUT2D eigenvalue weighted by Crippen LogP contribution is 2.13. The van der Waals surface area contributed by atoms with Crippen LogP contribution in [0.25, 0.3) is 6.08 Å². The SMILES string of the molecule is C=C=Cc1ccccc1CC(=C)C. The Bertz CT molecular complexity index is 352. The van der Waals surface area contributed by atoms with E-state index in [0.29, 0.717) is 0 Å². The largest absolute Gasteiger partial charge is 0.128 e. The molecule has 0 unspecified atom stereocenters. The molecule has 0 spiro atoms. The van der Waals surface area contributed by atoms with Gasteiger partial charge < -0.3 is 0 Å². The summed E-state index contributed by atoms with van der Waals surface area (Å²) in [6.45, 7) is 9.51. The average Bonchev–Trinajstić information content (AvgIpc) is 2.08. The summed E-state index contributed by atoms with van der Waals surface area (Å²) < 4.78 is 0. The minimum atomic E-state index is 0.925. The zero-order valence-corrected chi connectivity index (χ0v) is 8.01. The lowest BCUT2D eigenvalue weighted by molar-refractivity contribution is 1.15. The monoisotopic (exact) mass is 170 g/mol. The van der Waals surface area contributed by atoms with E-state index in [2.05, 4.69) is 31.0 Å². The van der Waals surface area contributed by atoms with Crippen LogP contribution in [0.4, 0.5) is 0 Å². The molecule has 13 heavy (non-hydrogen) atoms. The molecule has 0 aromatic heterocycles. The van der Waals surface area contributed by atoms with E-state index in [1.807, 2.05) is 25.1 Å². The first-order chi connectivity index (χ1) is 6.24. The average molecular weight is 170 g/mol. The van der Waals surface area contributed by atoms with Gasteiger partial charge in [0.05, 0.1) is 0 Å². The smallest absolute Gasteiger partial charge is 0.00664 e. The highest BCUT2D eigenvalue weighted by atomic mass is 14.0. The van der Waals surface area contributed by atoms with Gasteiger partial charge in [-0.3, -0.25) is 0 Å². The van der Waals surface area contributed by atoms with E-state index >= 15 is 0 Å². The minimum Gasteiger partial charge on any atom is -0.128 e. The second-order valence-electron chi connectivity index (χ2n) is 3.18. The highest BCUT2D eigenvalue weighted by molar-refractivity contribution is 5.53. The standard InChI is InChI=1S/C13H14/c1-4-7-12-8-5-6-9-13(12)10-11(2)3/h5-9H,1-2,10H2,3H3. The zero-order valence-electron chi connectivity index (χ0n) is 8.01. The number of benzene rings is 1. The lowest BCUT2D eigenvalue weighted by atomic mass is 10.0. The van der Waals surface area contributed by atoms with Gasteiger partial charge in [-0.1, -0.05) is 43.0 Å². The summed E-state index contributed by atoms with van der Waals surface area (Å²) in [6, 6.07) is 8.23. The van der Waals surface area contributed by atoms with Crippen molar-refractivity contribution in [1.29, 1.82) is 0 Å². The summed E-state index contributed by atoms with van der Waals surface area (Å²) in [5.74, 6) is 0. The van der Waals surface area contributed by atoms with Crippen molar-refractivity contribution in [1.82, 2.24) is 0 Å². The molecule has 1 rings (SSSR count). The molecule has 66 valence electrons. The van der Waals surface area contributed by atoms with Gasteiger partial charge in [0, 0.05) is 0 Å². The van der Waals surface area contributed by atoms with Gasteiger partial charge in [-0.15, -0.1) is 5.73 Å². The Morgan fingerprint density at radius 3 is 2.77 bits per heavy atom. The predicted octanol–water partition coefficient (Wildman–Crippen LogP) is 3.60. The molecular formula is C13H14. The number of rotatable bonds is 3. The van der Waals surface area contributed by atoms with Crippen molar-refractivity contribution < 1.29 is 0 Å². The number of allylic oxidation sites excluding steroid dienone is 1. The molecular weight excluding hydrogens is 156 g/mol. The van der Waals surface area contributed by atoms with E-state index in [4.69, 9.17) is 0 Å². The van der Waals surface area contributed by atoms with Crippen LogP contribution in [-0.4, -0.2) is 0 Å². The molecule has 0 aliphatic carbocycles. The Morgan fingerprint density at radius 2 is 2.15 bits per heavy atom. The van der Waals surface area contributed by atoms with Crippen molar-refractivity contribution in [2.24, 2.45) is 0 Å². The Balaban J connectivity index is 3.04. The fourth-order valence-corrected chi connectivity index (χ4v) is 1.27. The van der Waals surface area contributed by atoms with Gasteiger partial charge in [-0.25, -0.2) is 0 Å². The van der Waals surface area contributed by atoms with E-state index in [-0.39, 0.29) is 0 Å². The molecule has 0 aliphatic rings. The van der Waals surface area contributed by atoms with Crippen LogP contribution >= 0.6 is 0 Å². The molecule has 0 amide bonds. The first-order valence-electron chi connectivity index (χ1n) is 4.32. The molecule has 0 radical (unpaired) electrons. The van der Waals surface area contributed by atoms with E-state index < -0.39 is 0 Å². The fraction of sp³-hybridized carbons (Fsp3) is 0.154. The molecule has 0 fully saturated rings. The van der Waals surface area contributed by atoms with E-state index in [9.17, 15) is 0 Å². The summed E-state index contributed by atoms with van der Waals surface area (Å²) in [7, 11) is 0. The molecule has 0 N–H and O–H groups in total. The first-order valence-corrected chi connectivity index (χ1v) is 4.32. The third-order valence-electron chi connectivity index (χ3n) is 1.80. The Labute approximate surface area is 79.9 Å². The van der Waals surface area contributed by atoms with Crippen LogP contribution < -0.4 is 0 Å². The van der Waals surface area contributed by atoms with Crippen LogP contribution in [0.5, 0.6) is 0 Å². The molecule has 0 atom stereocenters. The van der Waals surface area contributed by atoms with E-state index in [1.54, 1.807) is 0 Å².